The van der Waals surface area contributed by atoms with Crippen molar-refractivity contribution in [2.75, 3.05) is 36.4 Å². The van der Waals surface area contributed by atoms with E-state index in [1.807, 2.05) is 38.1 Å². The number of nitrogens with zero attached hydrogens (tertiary/aromatic N) is 3. The van der Waals surface area contributed by atoms with Gasteiger partial charge in [-0.15, -0.1) is 11.3 Å². The fourth-order valence-electron chi connectivity index (χ4n) is 3.06. The summed E-state index contributed by atoms with van der Waals surface area (Å²) in [5.41, 5.74) is 2.32. The molecular formula is C20H25N5O3S. The van der Waals surface area contributed by atoms with Crippen LogP contribution in [0, 0.1) is 6.92 Å². The van der Waals surface area contributed by atoms with Crippen LogP contribution in [0.15, 0.2) is 29.6 Å². The van der Waals surface area contributed by atoms with Crippen LogP contribution in [0.2, 0.25) is 0 Å². The highest BCUT2D eigenvalue weighted by atomic mass is 32.1. The molecule has 1 aromatic carbocycles. The largest absolute Gasteiger partial charge is 0.336 e. The molecule has 0 atom stereocenters. The van der Waals surface area contributed by atoms with Crippen LogP contribution in [0.5, 0.6) is 0 Å². The summed E-state index contributed by atoms with van der Waals surface area (Å²) in [5, 5.41) is 7.97. The average Bonchev–Trinajstić information content (AvgIpc) is 3.32. The normalized spacial score (nSPS) is 13.3. The predicted octanol–water partition coefficient (Wildman–Crippen LogP) is 2.40. The number of hydrogen-bond acceptors (Lipinski definition) is 5. The molecule has 4 amide bonds. The van der Waals surface area contributed by atoms with Crippen molar-refractivity contribution in [1.82, 2.24) is 15.2 Å². The Morgan fingerprint density at radius 2 is 2.14 bits per heavy atom. The zero-order chi connectivity index (χ0) is 20.8. The van der Waals surface area contributed by atoms with Crippen LogP contribution in [0.25, 0.3) is 0 Å². The number of benzene rings is 1. The summed E-state index contributed by atoms with van der Waals surface area (Å²) in [5.74, 6) is -0.386. The Morgan fingerprint density at radius 3 is 2.83 bits per heavy atom. The molecule has 1 aromatic heterocycles. The summed E-state index contributed by atoms with van der Waals surface area (Å²) >= 11 is 1.34. The lowest BCUT2D eigenvalue weighted by Gasteiger charge is -2.21. The predicted molar refractivity (Wildman–Crippen MR) is 113 cm³/mol. The maximum atomic E-state index is 12.8. The summed E-state index contributed by atoms with van der Waals surface area (Å²) < 4.78 is 0. The summed E-state index contributed by atoms with van der Waals surface area (Å²) in [7, 11) is 0. The molecule has 1 saturated heterocycles. The van der Waals surface area contributed by atoms with Gasteiger partial charge in [-0.2, -0.15) is 0 Å². The van der Waals surface area contributed by atoms with Gasteiger partial charge in [-0.3, -0.25) is 14.5 Å². The van der Waals surface area contributed by atoms with Gasteiger partial charge >= 0.3 is 6.03 Å². The number of urea groups is 1. The van der Waals surface area contributed by atoms with E-state index in [0.29, 0.717) is 30.5 Å². The Morgan fingerprint density at radius 1 is 1.34 bits per heavy atom. The fraction of sp³-hybridized carbons (Fsp3) is 0.400. The first-order valence-electron chi connectivity index (χ1n) is 9.61. The number of amides is 4. The van der Waals surface area contributed by atoms with E-state index in [4.69, 9.17) is 0 Å². The molecule has 0 saturated carbocycles. The summed E-state index contributed by atoms with van der Waals surface area (Å²) in [6, 6.07) is 7.36. The van der Waals surface area contributed by atoms with E-state index in [1.165, 1.54) is 11.3 Å². The molecule has 9 heteroatoms. The van der Waals surface area contributed by atoms with Gasteiger partial charge in [0.15, 0.2) is 5.13 Å². The molecule has 1 fully saturated rings. The van der Waals surface area contributed by atoms with Crippen LogP contribution in [-0.4, -0.2) is 53.9 Å². The van der Waals surface area contributed by atoms with Gasteiger partial charge < -0.3 is 15.5 Å². The van der Waals surface area contributed by atoms with Gasteiger partial charge in [0, 0.05) is 30.7 Å². The number of hydrogen-bond donors (Lipinski definition) is 2. The second-order valence-electron chi connectivity index (χ2n) is 6.86. The van der Waals surface area contributed by atoms with Crippen molar-refractivity contribution >= 4 is 40.0 Å². The minimum absolute atomic E-state index is 0.00741. The molecule has 2 N–H and O–H groups in total. The van der Waals surface area contributed by atoms with Crippen LogP contribution >= 0.6 is 11.3 Å². The molecule has 2 heterocycles. The van der Waals surface area contributed by atoms with Gasteiger partial charge in [-0.1, -0.05) is 25.1 Å². The highest BCUT2D eigenvalue weighted by Gasteiger charge is 2.25. The van der Waals surface area contributed by atoms with E-state index in [2.05, 4.69) is 15.6 Å². The number of para-hydroxylation sites is 1. The molecule has 0 radical (unpaired) electrons. The van der Waals surface area contributed by atoms with Gasteiger partial charge in [-0.05, 0) is 25.0 Å². The number of aryl methyl sites for hydroxylation is 1. The molecule has 8 nitrogen and oxygen atoms in total. The lowest BCUT2D eigenvalue weighted by atomic mass is 10.2. The van der Waals surface area contributed by atoms with Crippen molar-refractivity contribution in [3.8, 4) is 0 Å². The van der Waals surface area contributed by atoms with Crippen LogP contribution in [0.3, 0.4) is 0 Å². The van der Waals surface area contributed by atoms with Gasteiger partial charge in [0.1, 0.15) is 0 Å². The fourth-order valence-corrected chi connectivity index (χ4v) is 3.91. The van der Waals surface area contributed by atoms with Crippen LogP contribution < -0.4 is 15.5 Å². The third-order valence-corrected chi connectivity index (χ3v) is 5.47. The highest BCUT2D eigenvalue weighted by molar-refractivity contribution is 7.14. The minimum Gasteiger partial charge on any atom is -0.336 e. The molecule has 1 aliphatic heterocycles. The minimum atomic E-state index is -0.228. The van der Waals surface area contributed by atoms with E-state index in [0.717, 1.165) is 17.7 Å². The number of thiazole rings is 1. The number of aromatic nitrogens is 1. The molecule has 0 unspecified atom stereocenters. The monoisotopic (exact) mass is 415 g/mol. The third-order valence-electron chi connectivity index (χ3n) is 4.56. The number of anilines is 2. The molecule has 2 aromatic rings. The van der Waals surface area contributed by atoms with Crippen molar-refractivity contribution in [1.29, 1.82) is 0 Å². The smallest absolute Gasteiger partial charge is 0.323 e. The second-order valence-corrected chi connectivity index (χ2v) is 7.70. The first-order valence-corrected chi connectivity index (χ1v) is 10.5. The topological polar surface area (TPSA) is 94.6 Å². The Kier molecular flexibility index (Phi) is 6.82. The van der Waals surface area contributed by atoms with Gasteiger partial charge in [0.05, 0.1) is 18.7 Å². The Hall–Kier alpha value is -2.94. The Balaban J connectivity index is 1.60. The van der Waals surface area contributed by atoms with Crippen molar-refractivity contribution in [3.63, 3.8) is 0 Å². The second kappa shape index (κ2) is 9.51. The molecule has 29 heavy (non-hydrogen) atoms. The van der Waals surface area contributed by atoms with E-state index >= 15 is 0 Å². The maximum Gasteiger partial charge on any atom is 0.323 e. The molecule has 0 spiro atoms. The van der Waals surface area contributed by atoms with Crippen LogP contribution in [-0.2, 0) is 16.0 Å². The molecular weight excluding hydrogens is 390 g/mol. The highest BCUT2D eigenvalue weighted by Crippen LogP contribution is 2.22. The quantitative estimate of drug-likeness (QED) is 0.692. The van der Waals surface area contributed by atoms with Crippen molar-refractivity contribution in [3.05, 3.63) is 40.9 Å². The zero-order valence-corrected chi connectivity index (χ0v) is 17.4. The molecule has 0 aliphatic carbocycles. The summed E-state index contributed by atoms with van der Waals surface area (Å²) in [4.78, 5) is 44.5. The summed E-state index contributed by atoms with van der Waals surface area (Å²) in [6.07, 6.45) is 0.850. The van der Waals surface area contributed by atoms with Crippen LogP contribution in [0.1, 0.15) is 24.6 Å². The lowest BCUT2D eigenvalue weighted by molar-refractivity contribution is -0.134. The van der Waals surface area contributed by atoms with Gasteiger partial charge in [-0.25, -0.2) is 9.78 Å². The first kappa shape index (κ1) is 20.8. The van der Waals surface area contributed by atoms with Crippen molar-refractivity contribution < 1.29 is 14.4 Å². The summed E-state index contributed by atoms with van der Waals surface area (Å²) in [6.45, 7) is 5.53. The lowest BCUT2D eigenvalue weighted by Crippen LogP contribution is -2.39. The van der Waals surface area contributed by atoms with Gasteiger partial charge in [0.25, 0.3) is 0 Å². The standard InChI is InChI=1S/C20H25N5O3S/c1-3-9-24(12-17(26)23-16-7-5-4-6-14(16)2)18(27)11-15-13-29-20(22-15)25-10-8-21-19(25)28/h4-7,13H,3,8-12H2,1-2H3,(H,21,28)(H,23,26). The SMILES string of the molecule is CCCN(CC(=O)Nc1ccccc1C)C(=O)Cc1csc(N2CCNC2=O)n1. The van der Waals surface area contributed by atoms with Gasteiger partial charge in [0.2, 0.25) is 11.8 Å². The Bertz CT molecular complexity index is 898. The molecule has 3 rings (SSSR count). The maximum absolute atomic E-state index is 12.8. The number of carbonyl (C=O) groups excluding carboxylic acids is 3. The number of carbonyl (C=O) groups is 3. The Labute approximate surface area is 173 Å². The molecule has 154 valence electrons. The number of rotatable bonds is 8. The third kappa shape index (κ3) is 5.32. The zero-order valence-electron chi connectivity index (χ0n) is 16.6. The first-order chi connectivity index (χ1) is 14.0. The molecule has 1 aliphatic rings. The molecule has 0 bridgehead atoms. The average molecular weight is 416 g/mol. The van der Waals surface area contributed by atoms with Crippen molar-refractivity contribution in [2.45, 2.75) is 26.7 Å². The van der Waals surface area contributed by atoms with E-state index in [1.54, 1.807) is 15.2 Å². The van der Waals surface area contributed by atoms with E-state index < -0.39 is 0 Å². The van der Waals surface area contributed by atoms with Crippen LogP contribution in [0.4, 0.5) is 15.6 Å². The number of nitrogens with one attached hydrogen (secondary N) is 2. The van der Waals surface area contributed by atoms with E-state index in [-0.39, 0.29) is 30.8 Å². The van der Waals surface area contributed by atoms with E-state index in [9.17, 15) is 14.4 Å². The van der Waals surface area contributed by atoms with Crippen molar-refractivity contribution in [2.24, 2.45) is 0 Å².